The second-order valence-electron chi connectivity index (χ2n) is 4.67. The largest absolute Gasteiger partial charge is 0.478 e. The lowest BCUT2D eigenvalue weighted by atomic mass is 10.0. The molecule has 0 radical (unpaired) electrons. The summed E-state index contributed by atoms with van der Waals surface area (Å²) < 4.78 is 0. The first-order chi connectivity index (χ1) is 9.91. The number of benzene rings is 2. The SMILES string of the molecule is Cc1cccc(C(=O)Nc2c(Cl)cccc2C(=O)O)c1C. The van der Waals surface area contributed by atoms with E-state index in [2.05, 4.69) is 5.32 Å². The number of nitrogens with one attached hydrogen (secondary N) is 1. The van der Waals surface area contributed by atoms with Crippen molar-refractivity contribution < 1.29 is 14.7 Å². The highest BCUT2D eigenvalue weighted by atomic mass is 35.5. The molecule has 0 saturated heterocycles. The normalized spacial score (nSPS) is 10.2. The summed E-state index contributed by atoms with van der Waals surface area (Å²) in [5, 5.41) is 11.9. The van der Waals surface area contributed by atoms with Crippen LogP contribution in [0.1, 0.15) is 31.8 Å². The molecule has 0 saturated carbocycles. The summed E-state index contributed by atoms with van der Waals surface area (Å²) in [6, 6.07) is 9.83. The van der Waals surface area contributed by atoms with E-state index in [0.29, 0.717) is 5.56 Å². The second kappa shape index (κ2) is 5.97. The quantitative estimate of drug-likeness (QED) is 0.903. The lowest BCUT2D eigenvalue weighted by Gasteiger charge is -2.12. The van der Waals surface area contributed by atoms with Gasteiger partial charge in [-0.3, -0.25) is 4.79 Å². The van der Waals surface area contributed by atoms with Crippen LogP contribution in [-0.2, 0) is 0 Å². The van der Waals surface area contributed by atoms with Crippen LogP contribution in [0.25, 0.3) is 0 Å². The number of amides is 1. The van der Waals surface area contributed by atoms with Crippen molar-refractivity contribution in [2.45, 2.75) is 13.8 Å². The Balaban J connectivity index is 2.41. The molecule has 108 valence electrons. The minimum absolute atomic E-state index is 0.0406. The minimum Gasteiger partial charge on any atom is -0.478 e. The number of hydrogen-bond acceptors (Lipinski definition) is 2. The Morgan fingerprint density at radius 3 is 2.33 bits per heavy atom. The number of aromatic carboxylic acids is 1. The second-order valence-corrected chi connectivity index (χ2v) is 5.08. The lowest BCUT2D eigenvalue weighted by Crippen LogP contribution is -2.16. The molecule has 0 heterocycles. The van der Waals surface area contributed by atoms with Crippen molar-refractivity contribution in [3.05, 3.63) is 63.7 Å². The number of aryl methyl sites for hydroxylation is 1. The molecule has 2 rings (SSSR count). The van der Waals surface area contributed by atoms with Crippen LogP contribution in [-0.4, -0.2) is 17.0 Å². The first kappa shape index (κ1) is 15.1. The van der Waals surface area contributed by atoms with Gasteiger partial charge in [-0.25, -0.2) is 4.79 Å². The number of anilines is 1. The standard InChI is InChI=1S/C16H14ClNO3/c1-9-5-3-6-11(10(9)2)15(19)18-14-12(16(20)21)7-4-8-13(14)17/h3-8H,1-2H3,(H,18,19)(H,20,21). The highest BCUT2D eigenvalue weighted by Crippen LogP contribution is 2.27. The summed E-state index contributed by atoms with van der Waals surface area (Å²) in [5.41, 5.74) is 2.39. The average Bonchev–Trinajstić information content (AvgIpc) is 2.43. The summed E-state index contributed by atoms with van der Waals surface area (Å²) in [6.45, 7) is 3.75. The molecular formula is C16H14ClNO3. The Hall–Kier alpha value is -2.33. The van der Waals surface area contributed by atoms with Crippen LogP contribution in [0.4, 0.5) is 5.69 Å². The van der Waals surface area contributed by atoms with Gasteiger partial charge in [0.25, 0.3) is 5.91 Å². The molecular weight excluding hydrogens is 290 g/mol. The van der Waals surface area contributed by atoms with Crippen LogP contribution in [0.2, 0.25) is 5.02 Å². The van der Waals surface area contributed by atoms with Gasteiger partial charge in [0.05, 0.1) is 16.3 Å². The van der Waals surface area contributed by atoms with Crippen molar-refractivity contribution in [1.82, 2.24) is 0 Å². The first-order valence-electron chi connectivity index (χ1n) is 6.31. The lowest BCUT2D eigenvalue weighted by molar-refractivity contribution is 0.0698. The van der Waals surface area contributed by atoms with Crippen LogP contribution in [0.5, 0.6) is 0 Å². The topological polar surface area (TPSA) is 66.4 Å². The van der Waals surface area contributed by atoms with Crippen molar-refractivity contribution in [3.8, 4) is 0 Å². The fraction of sp³-hybridized carbons (Fsp3) is 0.125. The van der Waals surface area contributed by atoms with Gasteiger partial charge in [0.1, 0.15) is 0 Å². The molecule has 0 fully saturated rings. The number of halogens is 1. The summed E-state index contributed by atoms with van der Waals surface area (Å²) in [5.74, 6) is -1.53. The third-order valence-corrected chi connectivity index (χ3v) is 3.65. The Labute approximate surface area is 127 Å². The van der Waals surface area contributed by atoms with E-state index < -0.39 is 5.97 Å². The van der Waals surface area contributed by atoms with E-state index in [0.717, 1.165) is 11.1 Å². The van der Waals surface area contributed by atoms with E-state index in [9.17, 15) is 9.59 Å². The predicted octanol–water partition coefficient (Wildman–Crippen LogP) is 3.91. The molecule has 2 N–H and O–H groups in total. The van der Waals surface area contributed by atoms with Gasteiger partial charge in [-0.15, -0.1) is 0 Å². The molecule has 0 aliphatic heterocycles. The van der Waals surface area contributed by atoms with Crippen LogP contribution in [0.3, 0.4) is 0 Å². The van der Waals surface area contributed by atoms with Crippen molar-refractivity contribution in [2.75, 3.05) is 5.32 Å². The van der Waals surface area contributed by atoms with Crippen molar-refractivity contribution in [3.63, 3.8) is 0 Å². The first-order valence-corrected chi connectivity index (χ1v) is 6.69. The zero-order valence-electron chi connectivity index (χ0n) is 11.6. The Kier molecular flexibility index (Phi) is 4.29. The number of carbonyl (C=O) groups is 2. The molecule has 2 aromatic rings. The average molecular weight is 304 g/mol. The van der Waals surface area contributed by atoms with Crippen molar-refractivity contribution in [2.24, 2.45) is 0 Å². The molecule has 4 nitrogen and oxygen atoms in total. The molecule has 0 atom stereocenters. The molecule has 0 unspecified atom stereocenters. The number of rotatable bonds is 3. The van der Waals surface area contributed by atoms with Gasteiger partial charge in [0.15, 0.2) is 0 Å². The predicted molar refractivity (Wildman–Crippen MR) is 82.3 cm³/mol. The molecule has 0 spiro atoms. The van der Waals surface area contributed by atoms with Crippen molar-refractivity contribution >= 4 is 29.2 Å². The summed E-state index contributed by atoms with van der Waals surface area (Å²) in [7, 11) is 0. The van der Waals surface area contributed by atoms with Gasteiger partial charge >= 0.3 is 5.97 Å². The third-order valence-electron chi connectivity index (χ3n) is 3.33. The molecule has 0 aliphatic rings. The Morgan fingerprint density at radius 1 is 1.05 bits per heavy atom. The van der Waals surface area contributed by atoms with E-state index in [1.54, 1.807) is 12.1 Å². The molecule has 21 heavy (non-hydrogen) atoms. The van der Waals surface area contributed by atoms with Gasteiger partial charge in [-0.05, 0) is 43.2 Å². The minimum atomic E-state index is -1.14. The number of carbonyl (C=O) groups excluding carboxylic acids is 1. The smallest absolute Gasteiger partial charge is 0.337 e. The molecule has 0 aromatic heterocycles. The molecule has 5 heteroatoms. The van der Waals surface area contributed by atoms with Crippen LogP contribution in [0, 0.1) is 13.8 Å². The number of para-hydroxylation sites is 1. The Bertz CT molecular complexity index is 725. The van der Waals surface area contributed by atoms with E-state index in [-0.39, 0.29) is 22.2 Å². The third kappa shape index (κ3) is 3.06. The maximum absolute atomic E-state index is 12.4. The fourth-order valence-corrected chi connectivity index (χ4v) is 2.23. The maximum atomic E-state index is 12.4. The van der Waals surface area contributed by atoms with E-state index in [1.165, 1.54) is 18.2 Å². The summed E-state index contributed by atoms with van der Waals surface area (Å²) >= 11 is 6.00. The zero-order chi connectivity index (χ0) is 15.6. The highest BCUT2D eigenvalue weighted by Gasteiger charge is 2.17. The maximum Gasteiger partial charge on any atom is 0.337 e. The number of hydrogen-bond donors (Lipinski definition) is 2. The number of carboxylic acid groups (broad SMARTS) is 1. The molecule has 1 amide bonds. The molecule has 2 aromatic carbocycles. The molecule has 0 aliphatic carbocycles. The Morgan fingerprint density at radius 2 is 1.67 bits per heavy atom. The van der Waals surface area contributed by atoms with Gasteiger partial charge in [0, 0.05) is 5.56 Å². The van der Waals surface area contributed by atoms with Crippen molar-refractivity contribution in [1.29, 1.82) is 0 Å². The van der Waals surface area contributed by atoms with Gasteiger partial charge in [-0.2, -0.15) is 0 Å². The molecule has 0 bridgehead atoms. The van der Waals surface area contributed by atoms with Gasteiger partial charge in [-0.1, -0.05) is 29.8 Å². The summed E-state index contributed by atoms with van der Waals surface area (Å²) in [4.78, 5) is 23.6. The van der Waals surface area contributed by atoms with E-state index in [1.807, 2.05) is 19.9 Å². The summed E-state index contributed by atoms with van der Waals surface area (Å²) in [6.07, 6.45) is 0. The van der Waals surface area contributed by atoms with Gasteiger partial charge in [0.2, 0.25) is 0 Å². The van der Waals surface area contributed by atoms with E-state index in [4.69, 9.17) is 16.7 Å². The highest BCUT2D eigenvalue weighted by molar-refractivity contribution is 6.34. The van der Waals surface area contributed by atoms with Gasteiger partial charge < -0.3 is 10.4 Å². The fourth-order valence-electron chi connectivity index (χ4n) is 2.01. The van der Waals surface area contributed by atoms with Crippen LogP contribution in [0.15, 0.2) is 36.4 Å². The zero-order valence-corrected chi connectivity index (χ0v) is 12.4. The monoisotopic (exact) mass is 303 g/mol. The van der Waals surface area contributed by atoms with Crippen LogP contribution >= 0.6 is 11.6 Å². The van der Waals surface area contributed by atoms with E-state index >= 15 is 0 Å². The van der Waals surface area contributed by atoms with Crippen LogP contribution < -0.4 is 5.32 Å². The number of carboxylic acids is 1.